The van der Waals surface area contributed by atoms with Crippen LogP contribution in [0.15, 0.2) is 66.7 Å². The molecule has 0 radical (unpaired) electrons. The maximum absolute atomic E-state index is 12.6. The van der Waals surface area contributed by atoms with E-state index in [1.165, 1.54) is 16.0 Å². The van der Waals surface area contributed by atoms with Crippen molar-refractivity contribution in [2.75, 3.05) is 33.6 Å². The number of nitrogens with zero attached hydrogens (tertiary/aromatic N) is 1. The van der Waals surface area contributed by atoms with Crippen LogP contribution in [0.1, 0.15) is 22.6 Å². The van der Waals surface area contributed by atoms with Crippen LogP contribution >= 0.6 is 0 Å². The SMILES string of the molecule is CN(CC(O)COCc1ccc2c(c1)OCO2)C(=O)OCC1c2ccccc2-c2ccccc21. The van der Waals surface area contributed by atoms with Crippen molar-refractivity contribution < 1.29 is 28.8 Å². The van der Waals surface area contributed by atoms with Crippen molar-refractivity contribution in [3.63, 3.8) is 0 Å². The summed E-state index contributed by atoms with van der Waals surface area (Å²) in [6.45, 7) is 0.990. The quantitative estimate of drug-likeness (QED) is 0.543. The van der Waals surface area contributed by atoms with Gasteiger partial charge in [0.15, 0.2) is 11.5 Å². The van der Waals surface area contributed by atoms with E-state index in [1.54, 1.807) is 7.05 Å². The molecule has 0 spiro atoms. The number of aliphatic hydroxyl groups is 1. The van der Waals surface area contributed by atoms with Gasteiger partial charge in [0.05, 0.1) is 25.9 Å². The molecular formula is C27H27NO6. The molecule has 0 saturated heterocycles. The van der Waals surface area contributed by atoms with Gasteiger partial charge in [0.25, 0.3) is 0 Å². The Morgan fingerprint density at radius 1 is 1.03 bits per heavy atom. The minimum Gasteiger partial charge on any atom is -0.454 e. The number of likely N-dealkylation sites (N-methyl/N-ethyl adjacent to an activating group) is 1. The van der Waals surface area contributed by atoms with Crippen molar-refractivity contribution in [2.45, 2.75) is 18.6 Å². The second-order valence-corrected chi connectivity index (χ2v) is 8.54. The third kappa shape index (κ3) is 4.58. The van der Waals surface area contributed by atoms with Crippen LogP contribution < -0.4 is 9.47 Å². The van der Waals surface area contributed by atoms with E-state index in [0.29, 0.717) is 18.1 Å². The van der Waals surface area contributed by atoms with Crippen molar-refractivity contribution in [2.24, 2.45) is 0 Å². The molecule has 1 atom stereocenters. The molecule has 1 amide bonds. The maximum atomic E-state index is 12.6. The summed E-state index contributed by atoms with van der Waals surface area (Å²) >= 11 is 0. The van der Waals surface area contributed by atoms with Gasteiger partial charge in [-0.25, -0.2) is 4.79 Å². The number of carbonyl (C=O) groups excluding carboxylic acids is 1. The molecule has 7 heteroatoms. The zero-order chi connectivity index (χ0) is 23.5. The summed E-state index contributed by atoms with van der Waals surface area (Å²) in [5.74, 6) is 1.41. The molecule has 1 aliphatic carbocycles. The van der Waals surface area contributed by atoms with Crippen molar-refractivity contribution in [1.29, 1.82) is 0 Å². The van der Waals surface area contributed by atoms with Crippen LogP contribution in [-0.4, -0.2) is 55.8 Å². The van der Waals surface area contributed by atoms with Gasteiger partial charge in [-0.05, 0) is 39.9 Å². The molecule has 3 aromatic carbocycles. The number of carbonyl (C=O) groups is 1. The molecule has 1 aliphatic heterocycles. The number of rotatable bonds is 8. The van der Waals surface area contributed by atoms with Gasteiger partial charge in [0.2, 0.25) is 6.79 Å². The topological polar surface area (TPSA) is 77.5 Å². The van der Waals surface area contributed by atoms with Gasteiger partial charge in [-0.3, -0.25) is 0 Å². The summed E-state index contributed by atoms with van der Waals surface area (Å²) in [6, 6.07) is 22.0. The smallest absolute Gasteiger partial charge is 0.409 e. The minimum absolute atomic E-state index is 0.000271. The van der Waals surface area contributed by atoms with Gasteiger partial charge >= 0.3 is 6.09 Å². The fourth-order valence-corrected chi connectivity index (χ4v) is 4.49. The number of hydrogen-bond acceptors (Lipinski definition) is 6. The number of aliphatic hydroxyl groups excluding tert-OH is 1. The average Bonchev–Trinajstić information content (AvgIpc) is 3.44. The predicted octanol–water partition coefficient (Wildman–Crippen LogP) is 4.17. The van der Waals surface area contributed by atoms with Crippen molar-refractivity contribution >= 4 is 6.09 Å². The first-order valence-electron chi connectivity index (χ1n) is 11.3. The van der Waals surface area contributed by atoms with Crippen molar-refractivity contribution in [3.05, 3.63) is 83.4 Å². The molecule has 176 valence electrons. The largest absolute Gasteiger partial charge is 0.454 e. The Morgan fingerprint density at radius 3 is 2.44 bits per heavy atom. The summed E-state index contributed by atoms with van der Waals surface area (Å²) in [4.78, 5) is 14.0. The summed E-state index contributed by atoms with van der Waals surface area (Å²) < 4.78 is 21.9. The summed E-state index contributed by atoms with van der Waals surface area (Å²) in [6.07, 6.45) is -1.31. The molecular weight excluding hydrogens is 434 g/mol. The Balaban J connectivity index is 1.10. The highest BCUT2D eigenvalue weighted by atomic mass is 16.7. The number of amides is 1. The van der Waals surface area contributed by atoms with E-state index in [2.05, 4.69) is 24.3 Å². The molecule has 1 N–H and O–H groups in total. The maximum Gasteiger partial charge on any atom is 0.409 e. The molecule has 0 saturated carbocycles. The Hall–Kier alpha value is -3.55. The monoisotopic (exact) mass is 461 g/mol. The Labute approximate surface area is 198 Å². The fraction of sp³-hybridized carbons (Fsp3) is 0.296. The second kappa shape index (κ2) is 9.75. The standard InChI is InChI=1S/C27H27NO6/c1-28(13-19(29)15-31-14-18-10-11-25-26(12-18)34-17-33-25)27(30)32-16-24-22-8-4-2-6-20(22)21-7-3-5-9-23(21)24/h2-12,19,24,29H,13-17H2,1H3. The van der Waals surface area contributed by atoms with Crippen LogP contribution in [0.25, 0.3) is 11.1 Å². The van der Waals surface area contributed by atoms with Crippen LogP contribution in [0.5, 0.6) is 11.5 Å². The fourth-order valence-electron chi connectivity index (χ4n) is 4.49. The molecule has 34 heavy (non-hydrogen) atoms. The molecule has 7 nitrogen and oxygen atoms in total. The van der Waals surface area contributed by atoms with E-state index in [9.17, 15) is 9.90 Å². The van der Waals surface area contributed by atoms with E-state index >= 15 is 0 Å². The van der Waals surface area contributed by atoms with Gasteiger partial charge in [-0.2, -0.15) is 0 Å². The number of fused-ring (bicyclic) bond motifs is 4. The van der Waals surface area contributed by atoms with Crippen molar-refractivity contribution in [1.82, 2.24) is 4.90 Å². The van der Waals surface area contributed by atoms with E-state index in [4.69, 9.17) is 18.9 Å². The van der Waals surface area contributed by atoms with E-state index < -0.39 is 12.2 Å². The lowest BCUT2D eigenvalue weighted by molar-refractivity contribution is 0.0117. The third-order valence-corrected chi connectivity index (χ3v) is 6.15. The van der Waals surface area contributed by atoms with Crippen molar-refractivity contribution in [3.8, 4) is 22.6 Å². The number of benzene rings is 3. The Kier molecular flexibility index (Phi) is 6.38. The van der Waals surface area contributed by atoms with Crippen LogP contribution in [0.2, 0.25) is 0 Å². The Bertz CT molecular complexity index is 1130. The average molecular weight is 462 g/mol. The summed E-state index contributed by atoms with van der Waals surface area (Å²) in [7, 11) is 1.61. The molecule has 0 fully saturated rings. The van der Waals surface area contributed by atoms with E-state index in [1.807, 2.05) is 42.5 Å². The van der Waals surface area contributed by atoms with Gasteiger partial charge in [0, 0.05) is 13.0 Å². The summed E-state index contributed by atoms with van der Waals surface area (Å²) in [5.41, 5.74) is 5.61. The van der Waals surface area contributed by atoms with Crippen LogP contribution in [0.3, 0.4) is 0 Å². The molecule has 0 aromatic heterocycles. The highest BCUT2D eigenvalue weighted by Crippen LogP contribution is 2.44. The molecule has 1 unspecified atom stereocenters. The zero-order valence-corrected chi connectivity index (χ0v) is 19.0. The van der Waals surface area contributed by atoms with E-state index in [-0.39, 0.29) is 32.5 Å². The van der Waals surface area contributed by atoms with Crippen LogP contribution in [0.4, 0.5) is 4.79 Å². The molecule has 2 aliphatic rings. The van der Waals surface area contributed by atoms with Crippen LogP contribution in [0, 0.1) is 0 Å². The summed E-state index contributed by atoms with van der Waals surface area (Å²) in [5, 5.41) is 10.3. The van der Waals surface area contributed by atoms with Gasteiger partial charge in [0.1, 0.15) is 6.61 Å². The highest BCUT2D eigenvalue weighted by molar-refractivity contribution is 5.79. The second-order valence-electron chi connectivity index (χ2n) is 8.54. The normalized spacial score (nSPS) is 14.4. The van der Waals surface area contributed by atoms with Gasteiger partial charge in [-0.1, -0.05) is 54.6 Å². The minimum atomic E-state index is -0.834. The lowest BCUT2D eigenvalue weighted by Crippen LogP contribution is -2.37. The third-order valence-electron chi connectivity index (χ3n) is 6.15. The Morgan fingerprint density at radius 2 is 1.71 bits per heavy atom. The highest BCUT2D eigenvalue weighted by Gasteiger charge is 2.29. The van der Waals surface area contributed by atoms with E-state index in [0.717, 1.165) is 16.7 Å². The number of hydrogen-bond donors (Lipinski definition) is 1. The van der Waals surface area contributed by atoms with Gasteiger partial charge in [-0.15, -0.1) is 0 Å². The lowest BCUT2D eigenvalue weighted by atomic mass is 9.98. The van der Waals surface area contributed by atoms with Crippen LogP contribution in [-0.2, 0) is 16.1 Å². The number of ether oxygens (including phenoxy) is 4. The predicted molar refractivity (Wildman–Crippen MR) is 126 cm³/mol. The molecule has 3 aromatic rings. The first-order chi connectivity index (χ1) is 16.6. The first-order valence-corrected chi connectivity index (χ1v) is 11.3. The molecule has 1 heterocycles. The first kappa shape index (κ1) is 22.3. The lowest BCUT2D eigenvalue weighted by Gasteiger charge is -2.22. The molecule has 5 rings (SSSR count). The molecule has 0 bridgehead atoms. The van der Waals surface area contributed by atoms with Gasteiger partial charge < -0.3 is 29.0 Å². The zero-order valence-electron chi connectivity index (χ0n) is 19.0.